The van der Waals surface area contributed by atoms with Crippen LogP contribution in [-0.4, -0.2) is 98.7 Å². The fraction of sp³-hybridized carbons (Fsp3) is 0.885. The molecule has 3 aliphatic carbocycles. The SMILES string of the molecule is CC1CC(OC2OC(CO)C(O)C(O)C2O)C(=O)C2(C)C1CC1OC(=O)CC3C(C)C(O)C(=O)C2C13C. The second kappa shape index (κ2) is 9.04. The Bertz CT molecular complexity index is 968. The van der Waals surface area contributed by atoms with E-state index in [1.165, 1.54) is 0 Å². The Morgan fingerprint density at radius 3 is 2.30 bits per heavy atom. The lowest BCUT2D eigenvalue weighted by Crippen LogP contribution is -2.74. The van der Waals surface area contributed by atoms with Gasteiger partial charge in [0.2, 0.25) is 0 Å². The minimum atomic E-state index is -1.67. The molecule has 11 nitrogen and oxygen atoms in total. The first kappa shape index (κ1) is 27.1. The third-order valence-electron chi connectivity index (χ3n) is 10.6. The Morgan fingerprint density at radius 2 is 1.65 bits per heavy atom. The molecule has 0 bridgehead atoms. The van der Waals surface area contributed by atoms with E-state index in [4.69, 9.17) is 14.2 Å². The predicted molar refractivity (Wildman–Crippen MR) is 123 cm³/mol. The molecule has 3 saturated carbocycles. The van der Waals surface area contributed by atoms with E-state index in [0.717, 1.165) is 0 Å². The van der Waals surface area contributed by atoms with Crippen LogP contribution in [0.5, 0.6) is 0 Å². The highest BCUT2D eigenvalue weighted by molar-refractivity contribution is 5.99. The molecule has 0 aromatic carbocycles. The number of esters is 1. The van der Waals surface area contributed by atoms with Crippen molar-refractivity contribution in [2.24, 2.45) is 40.4 Å². The van der Waals surface area contributed by atoms with Gasteiger partial charge in [0.05, 0.1) is 6.61 Å². The molecule has 15 atom stereocenters. The summed E-state index contributed by atoms with van der Waals surface area (Å²) in [4.78, 5) is 40.5. The van der Waals surface area contributed by atoms with Crippen LogP contribution in [0.2, 0.25) is 0 Å². The Labute approximate surface area is 215 Å². The van der Waals surface area contributed by atoms with Crippen LogP contribution in [0.3, 0.4) is 0 Å². The van der Waals surface area contributed by atoms with E-state index >= 15 is 0 Å². The Balaban J connectivity index is 1.51. The third kappa shape index (κ3) is 3.62. The van der Waals surface area contributed by atoms with E-state index in [-0.39, 0.29) is 42.3 Å². The number of fused-ring (bicyclic) bond motifs is 2. The van der Waals surface area contributed by atoms with Gasteiger partial charge >= 0.3 is 5.97 Å². The zero-order valence-electron chi connectivity index (χ0n) is 21.5. The zero-order valence-corrected chi connectivity index (χ0v) is 21.5. The van der Waals surface area contributed by atoms with Crippen molar-refractivity contribution < 1.29 is 54.1 Å². The van der Waals surface area contributed by atoms with E-state index in [1.807, 2.05) is 13.8 Å². The molecule has 5 aliphatic rings. The van der Waals surface area contributed by atoms with Gasteiger partial charge in [-0.05, 0) is 36.5 Å². The fourth-order valence-corrected chi connectivity index (χ4v) is 8.58. The van der Waals surface area contributed by atoms with Crippen molar-refractivity contribution in [3.05, 3.63) is 0 Å². The highest BCUT2D eigenvalue weighted by Gasteiger charge is 2.73. The predicted octanol–water partition coefficient (Wildman–Crippen LogP) is -1.06. The number of Topliss-reactive ketones (excluding diaryl/α,β-unsaturated/α-hetero) is 2. The summed E-state index contributed by atoms with van der Waals surface area (Å²) >= 11 is 0. The van der Waals surface area contributed by atoms with Gasteiger partial charge in [0.1, 0.15) is 42.7 Å². The van der Waals surface area contributed by atoms with Crippen LogP contribution in [0, 0.1) is 40.4 Å². The summed E-state index contributed by atoms with van der Waals surface area (Å²) in [6, 6.07) is 0. The van der Waals surface area contributed by atoms with Crippen LogP contribution in [0.15, 0.2) is 0 Å². The molecule has 11 heteroatoms. The minimum absolute atomic E-state index is 0.0598. The monoisotopic (exact) mass is 526 g/mol. The molecule has 5 rings (SSSR count). The summed E-state index contributed by atoms with van der Waals surface area (Å²) in [5.74, 6) is -3.38. The summed E-state index contributed by atoms with van der Waals surface area (Å²) in [6.45, 7) is 6.68. The smallest absolute Gasteiger partial charge is 0.306 e. The van der Waals surface area contributed by atoms with Gasteiger partial charge in [-0.15, -0.1) is 0 Å². The molecule has 2 heterocycles. The number of aliphatic hydroxyl groups is 5. The standard InChI is InChI=1S/C26H38O11/c1-9-5-13(35-24-21(33)19(31)18(30)14(8-27)36-24)23(34)26(4)11(9)6-15-25(3)12(7-16(28)37-15)10(2)17(29)20(32)22(25)26/h9-15,17-19,21-22,24,27,29-31,33H,5-8H2,1-4H3. The van der Waals surface area contributed by atoms with Crippen LogP contribution >= 0.6 is 0 Å². The molecule has 0 aromatic rings. The van der Waals surface area contributed by atoms with Crippen molar-refractivity contribution in [2.75, 3.05) is 6.61 Å². The number of ether oxygens (including phenoxy) is 3. The summed E-state index contributed by atoms with van der Waals surface area (Å²) in [5, 5.41) is 51.2. The molecule has 0 amide bonds. The van der Waals surface area contributed by atoms with Gasteiger partial charge in [-0.2, -0.15) is 0 Å². The average Bonchev–Trinajstić information content (AvgIpc) is 2.85. The molecule has 37 heavy (non-hydrogen) atoms. The van der Waals surface area contributed by atoms with Gasteiger partial charge in [-0.1, -0.05) is 27.7 Å². The number of rotatable bonds is 3. The highest BCUT2D eigenvalue weighted by atomic mass is 16.7. The topological polar surface area (TPSA) is 180 Å². The van der Waals surface area contributed by atoms with Crippen LogP contribution < -0.4 is 0 Å². The maximum absolute atomic E-state index is 14.3. The van der Waals surface area contributed by atoms with E-state index in [1.54, 1.807) is 13.8 Å². The summed E-state index contributed by atoms with van der Waals surface area (Å²) < 4.78 is 17.2. The number of hydrogen-bond acceptors (Lipinski definition) is 11. The number of ketones is 2. The first-order valence-electron chi connectivity index (χ1n) is 13.2. The van der Waals surface area contributed by atoms with E-state index in [9.17, 15) is 39.9 Å². The lowest BCUT2D eigenvalue weighted by Gasteiger charge is -2.67. The Kier molecular flexibility index (Phi) is 6.62. The minimum Gasteiger partial charge on any atom is -0.462 e. The average molecular weight is 527 g/mol. The number of carbonyl (C=O) groups excluding carboxylic acids is 3. The maximum atomic E-state index is 14.3. The van der Waals surface area contributed by atoms with Gasteiger partial charge in [0.15, 0.2) is 17.9 Å². The molecule has 0 aromatic heterocycles. The highest BCUT2D eigenvalue weighted by Crippen LogP contribution is 2.67. The van der Waals surface area contributed by atoms with Gasteiger partial charge in [0, 0.05) is 23.2 Å². The van der Waals surface area contributed by atoms with Crippen LogP contribution in [0.1, 0.15) is 47.0 Å². The van der Waals surface area contributed by atoms with Crippen molar-refractivity contribution in [3.63, 3.8) is 0 Å². The number of carbonyl (C=O) groups is 3. The summed E-state index contributed by atoms with van der Waals surface area (Å²) in [7, 11) is 0. The molecule has 2 aliphatic heterocycles. The molecule has 0 radical (unpaired) electrons. The summed E-state index contributed by atoms with van der Waals surface area (Å²) in [6.07, 6.45) is -9.84. The van der Waals surface area contributed by atoms with E-state index < -0.39 is 84.1 Å². The van der Waals surface area contributed by atoms with Crippen LogP contribution in [0.25, 0.3) is 0 Å². The van der Waals surface area contributed by atoms with Crippen molar-refractivity contribution in [1.82, 2.24) is 0 Å². The van der Waals surface area contributed by atoms with Gasteiger partial charge < -0.3 is 39.7 Å². The van der Waals surface area contributed by atoms with Crippen molar-refractivity contribution >= 4 is 17.5 Å². The van der Waals surface area contributed by atoms with Gasteiger partial charge in [-0.25, -0.2) is 0 Å². The van der Waals surface area contributed by atoms with Crippen molar-refractivity contribution in [3.8, 4) is 0 Å². The lowest BCUT2D eigenvalue weighted by molar-refractivity contribution is -0.314. The Morgan fingerprint density at radius 1 is 0.973 bits per heavy atom. The molecular formula is C26H38O11. The lowest BCUT2D eigenvalue weighted by atomic mass is 9.38. The second-order valence-corrected chi connectivity index (χ2v) is 12.3. The molecule has 2 saturated heterocycles. The van der Waals surface area contributed by atoms with E-state index in [0.29, 0.717) is 6.42 Å². The molecule has 208 valence electrons. The van der Waals surface area contributed by atoms with Crippen molar-refractivity contribution in [1.29, 1.82) is 0 Å². The largest absolute Gasteiger partial charge is 0.462 e. The first-order chi connectivity index (χ1) is 17.3. The van der Waals surface area contributed by atoms with Gasteiger partial charge in [0.25, 0.3) is 0 Å². The fourth-order valence-electron chi connectivity index (χ4n) is 8.58. The Hall–Kier alpha value is -1.47. The van der Waals surface area contributed by atoms with Crippen molar-refractivity contribution in [2.45, 2.75) is 96.0 Å². The molecule has 0 spiro atoms. The van der Waals surface area contributed by atoms with Gasteiger partial charge in [-0.3, -0.25) is 14.4 Å². The normalized spacial score (nSPS) is 55.8. The first-order valence-corrected chi connectivity index (χ1v) is 13.2. The molecule has 5 N–H and O–H groups in total. The van der Waals surface area contributed by atoms with Crippen LogP contribution in [-0.2, 0) is 28.6 Å². The molecule has 15 unspecified atom stereocenters. The van der Waals surface area contributed by atoms with E-state index in [2.05, 4.69) is 0 Å². The number of aliphatic hydroxyl groups excluding tert-OH is 5. The quantitative estimate of drug-likeness (QED) is 0.223. The summed E-state index contributed by atoms with van der Waals surface area (Å²) in [5.41, 5.74) is -2.10. The maximum Gasteiger partial charge on any atom is 0.306 e. The zero-order chi connectivity index (χ0) is 27.2. The molecule has 5 fully saturated rings. The second-order valence-electron chi connectivity index (χ2n) is 12.3. The third-order valence-corrected chi connectivity index (χ3v) is 10.6. The molecular weight excluding hydrogens is 488 g/mol. The number of hydrogen-bond donors (Lipinski definition) is 5. The van der Waals surface area contributed by atoms with Crippen LogP contribution in [0.4, 0.5) is 0 Å².